The summed E-state index contributed by atoms with van der Waals surface area (Å²) in [7, 11) is -1.43. The van der Waals surface area contributed by atoms with E-state index in [0.717, 1.165) is 31.9 Å². The minimum absolute atomic E-state index is 0.0617. The molecule has 1 aliphatic rings. The van der Waals surface area contributed by atoms with E-state index in [1.165, 1.54) is 12.1 Å². The van der Waals surface area contributed by atoms with Gasteiger partial charge in [-0.1, -0.05) is 0 Å². The zero-order chi connectivity index (χ0) is 22.4. The minimum Gasteiger partial charge on any atom is -0.478 e. The van der Waals surface area contributed by atoms with Gasteiger partial charge < -0.3 is 20.0 Å². The zero-order valence-corrected chi connectivity index (χ0v) is 16.5. The van der Waals surface area contributed by atoms with Gasteiger partial charge in [0.1, 0.15) is 0 Å². The van der Waals surface area contributed by atoms with Crippen LogP contribution in [0.25, 0.3) is 0 Å². The molecule has 1 fully saturated rings. The van der Waals surface area contributed by atoms with Crippen LogP contribution in [0.15, 0.2) is 18.2 Å². The Bertz CT molecular complexity index is 837. The number of carbonyl (C=O) groups is 2. The normalized spacial score (nSPS) is 15.3. The van der Waals surface area contributed by atoms with E-state index in [1.807, 2.05) is 7.05 Å². The molecule has 2 rings (SSSR count). The first-order valence-electron chi connectivity index (χ1n) is 8.38. The van der Waals surface area contributed by atoms with E-state index < -0.39 is 28.1 Å². The van der Waals surface area contributed by atoms with Crippen LogP contribution < -0.4 is 9.62 Å². The van der Waals surface area contributed by atoms with E-state index in [9.17, 15) is 26.4 Å². The third kappa shape index (κ3) is 7.77. The van der Waals surface area contributed by atoms with E-state index in [4.69, 9.17) is 15.0 Å². The molecule has 0 bridgehead atoms. The molecule has 0 atom stereocenters. The number of aromatic carboxylic acids is 1. The fourth-order valence-electron chi connectivity index (χ4n) is 2.31. The summed E-state index contributed by atoms with van der Waals surface area (Å²) >= 11 is 0. The lowest BCUT2D eigenvalue weighted by Crippen LogP contribution is -2.44. The summed E-state index contributed by atoms with van der Waals surface area (Å²) in [4.78, 5) is 24.3. The number of carboxylic acid groups (broad SMARTS) is 2. The van der Waals surface area contributed by atoms with Crippen molar-refractivity contribution in [2.24, 2.45) is 0 Å². The number of alkyl halides is 3. The summed E-state index contributed by atoms with van der Waals surface area (Å²) in [6.45, 7) is 4.83. The number of aliphatic carboxylic acids is 1. The van der Waals surface area contributed by atoms with Crippen molar-refractivity contribution in [3.63, 3.8) is 0 Å². The quantitative estimate of drug-likeness (QED) is 0.628. The van der Waals surface area contributed by atoms with Gasteiger partial charge in [-0.2, -0.15) is 13.2 Å². The fraction of sp³-hybridized carbons (Fsp3) is 0.500. The molecule has 1 heterocycles. The minimum atomic E-state index is -5.08. The van der Waals surface area contributed by atoms with E-state index in [1.54, 1.807) is 13.0 Å². The van der Waals surface area contributed by atoms with Crippen LogP contribution in [0.1, 0.15) is 17.3 Å². The summed E-state index contributed by atoms with van der Waals surface area (Å²) in [5.41, 5.74) is 1.10. The van der Waals surface area contributed by atoms with Gasteiger partial charge in [0.25, 0.3) is 0 Å². The van der Waals surface area contributed by atoms with Gasteiger partial charge in [-0.05, 0) is 32.2 Å². The first kappa shape index (κ1) is 24.5. The Morgan fingerprint density at radius 2 is 1.66 bits per heavy atom. The fourth-order valence-corrected chi connectivity index (χ4v) is 2.96. The SMILES string of the molecule is CCS(=O)(=O)Nc1cc(C(=O)O)ccc1N1CCN(C)CC1.O=C(O)C(F)(F)F. The average Bonchev–Trinajstić information content (AvgIpc) is 2.62. The number of nitrogens with zero attached hydrogens (tertiary/aromatic N) is 2. The lowest BCUT2D eigenvalue weighted by Gasteiger charge is -2.35. The van der Waals surface area contributed by atoms with E-state index in [2.05, 4.69) is 14.5 Å². The third-order valence-corrected chi connectivity index (χ3v) is 5.27. The first-order chi connectivity index (χ1) is 13.3. The average molecular weight is 441 g/mol. The van der Waals surface area contributed by atoms with Gasteiger partial charge in [0.2, 0.25) is 10.0 Å². The van der Waals surface area contributed by atoms with Crippen molar-refractivity contribution in [2.45, 2.75) is 13.1 Å². The second-order valence-corrected chi connectivity index (χ2v) is 8.15. The second-order valence-electron chi connectivity index (χ2n) is 6.14. The Balaban J connectivity index is 0.000000516. The van der Waals surface area contributed by atoms with Crippen LogP contribution in [0.5, 0.6) is 0 Å². The van der Waals surface area contributed by atoms with Gasteiger partial charge in [-0.3, -0.25) is 4.72 Å². The number of hydrogen-bond acceptors (Lipinski definition) is 6. The van der Waals surface area contributed by atoms with Crippen LogP contribution in [-0.4, -0.2) is 80.6 Å². The summed E-state index contributed by atoms with van der Waals surface area (Å²) < 4.78 is 57.9. The predicted molar refractivity (Wildman–Crippen MR) is 99.9 cm³/mol. The molecule has 13 heteroatoms. The third-order valence-electron chi connectivity index (χ3n) is 3.98. The molecular weight excluding hydrogens is 419 g/mol. The van der Waals surface area contributed by atoms with Crippen LogP contribution in [0.2, 0.25) is 0 Å². The van der Waals surface area contributed by atoms with Crippen molar-refractivity contribution in [1.82, 2.24) is 4.90 Å². The Morgan fingerprint density at radius 1 is 1.14 bits per heavy atom. The number of anilines is 2. The Kier molecular flexibility index (Phi) is 8.26. The molecule has 29 heavy (non-hydrogen) atoms. The molecule has 1 saturated heterocycles. The summed E-state index contributed by atoms with van der Waals surface area (Å²) in [5, 5.41) is 16.2. The second kappa shape index (κ2) is 9.78. The van der Waals surface area contributed by atoms with Gasteiger partial charge >= 0.3 is 18.1 Å². The lowest BCUT2D eigenvalue weighted by molar-refractivity contribution is -0.192. The molecular formula is C16H22F3N3O6S. The van der Waals surface area contributed by atoms with Gasteiger partial charge in [-0.25, -0.2) is 18.0 Å². The number of carboxylic acids is 2. The number of rotatable bonds is 5. The number of piperazine rings is 1. The number of halogens is 3. The summed E-state index contributed by atoms with van der Waals surface area (Å²) in [6.07, 6.45) is -5.08. The molecule has 3 N–H and O–H groups in total. The van der Waals surface area contributed by atoms with Crippen molar-refractivity contribution in [3.8, 4) is 0 Å². The molecule has 1 aliphatic heterocycles. The molecule has 0 unspecified atom stereocenters. The van der Waals surface area contributed by atoms with Gasteiger partial charge in [0.05, 0.1) is 22.7 Å². The van der Waals surface area contributed by atoms with E-state index in [-0.39, 0.29) is 11.3 Å². The molecule has 1 aromatic carbocycles. The molecule has 0 aliphatic carbocycles. The lowest BCUT2D eigenvalue weighted by atomic mass is 10.1. The maximum atomic E-state index is 11.9. The molecule has 164 valence electrons. The first-order valence-corrected chi connectivity index (χ1v) is 10.0. The highest BCUT2D eigenvalue weighted by Crippen LogP contribution is 2.29. The standard InChI is InChI=1S/C14H21N3O4S.C2HF3O2/c1-3-22(20,21)15-12-10-11(14(18)19)4-5-13(12)17-8-6-16(2)7-9-17;3-2(4,5)1(6)7/h4-5,10,15H,3,6-9H2,1-2H3,(H,18,19);(H,6,7). The van der Waals surface area contributed by atoms with Crippen molar-refractivity contribution >= 4 is 33.3 Å². The zero-order valence-electron chi connectivity index (χ0n) is 15.7. The summed E-state index contributed by atoms with van der Waals surface area (Å²) in [6, 6.07) is 4.55. The molecule has 0 radical (unpaired) electrons. The Hall–Kier alpha value is -2.54. The highest BCUT2D eigenvalue weighted by atomic mass is 32.2. The summed E-state index contributed by atoms with van der Waals surface area (Å²) in [5.74, 6) is -3.90. The monoisotopic (exact) mass is 441 g/mol. The van der Waals surface area contributed by atoms with Gasteiger partial charge in [-0.15, -0.1) is 0 Å². The van der Waals surface area contributed by atoms with Crippen molar-refractivity contribution < 1.29 is 41.4 Å². The number of sulfonamides is 1. The number of likely N-dealkylation sites (N-methyl/N-ethyl adjacent to an activating group) is 1. The van der Waals surface area contributed by atoms with E-state index in [0.29, 0.717) is 5.69 Å². The smallest absolute Gasteiger partial charge is 0.478 e. The largest absolute Gasteiger partial charge is 0.490 e. The van der Waals surface area contributed by atoms with Crippen LogP contribution >= 0.6 is 0 Å². The van der Waals surface area contributed by atoms with Crippen molar-refractivity contribution in [3.05, 3.63) is 23.8 Å². The molecule has 9 nitrogen and oxygen atoms in total. The van der Waals surface area contributed by atoms with Crippen molar-refractivity contribution in [2.75, 3.05) is 48.6 Å². The van der Waals surface area contributed by atoms with Gasteiger partial charge in [0, 0.05) is 26.2 Å². The topological polar surface area (TPSA) is 127 Å². The Morgan fingerprint density at radius 3 is 2.07 bits per heavy atom. The maximum absolute atomic E-state index is 11.9. The molecule has 0 amide bonds. The Labute approximate surface area is 165 Å². The molecule has 1 aromatic rings. The maximum Gasteiger partial charge on any atom is 0.490 e. The highest BCUT2D eigenvalue weighted by Gasteiger charge is 2.38. The van der Waals surface area contributed by atoms with Crippen LogP contribution in [0.4, 0.5) is 24.5 Å². The molecule has 0 saturated carbocycles. The highest BCUT2D eigenvalue weighted by molar-refractivity contribution is 7.92. The molecule has 0 aromatic heterocycles. The van der Waals surface area contributed by atoms with Gasteiger partial charge in [0.15, 0.2) is 0 Å². The van der Waals surface area contributed by atoms with Crippen LogP contribution in [0.3, 0.4) is 0 Å². The molecule has 0 spiro atoms. The van der Waals surface area contributed by atoms with Crippen molar-refractivity contribution in [1.29, 1.82) is 0 Å². The van der Waals surface area contributed by atoms with Crippen LogP contribution in [0, 0.1) is 0 Å². The van der Waals surface area contributed by atoms with Crippen LogP contribution in [-0.2, 0) is 14.8 Å². The number of nitrogens with one attached hydrogen (secondary N) is 1. The predicted octanol–water partition coefficient (Wildman–Crippen LogP) is 1.53. The number of hydrogen-bond donors (Lipinski definition) is 3. The van der Waals surface area contributed by atoms with E-state index >= 15 is 0 Å². The number of benzene rings is 1.